The number of hydrogen-bond acceptors (Lipinski definition) is 6. The number of β-amino-alcohol motifs (C(OH)–C–C–N with tert-alkyl or cyclic N) is 1. The van der Waals surface area contributed by atoms with E-state index in [1.165, 1.54) is 4.90 Å². The smallest absolute Gasteiger partial charge is 0.252 e. The van der Waals surface area contributed by atoms with Gasteiger partial charge in [-0.15, -0.1) is 0 Å². The number of benzene rings is 1. The number of para-hydroxylation sites is 1. The van der Waals surface area contributed by atoms with Gasteiger partial charge in [0.1, 0.15) is 5.54 Å². The van der Waals surface area contributed by atoms with Gasteiger partial charge < -0.3 is 5.11 Å². The van der Waals surface area contributed by atoms with Crippen LogP contribution in [0.4, 0.5) is 0 Å². The number of imide groups is 1. The number of amides is 2. The molecule has 3 aliphatic rings. The maximum absolute atomic E-state index is 13.4. The van der Waals surface area contributed by atoms with Gasteiger partial charge in [0.15, 0.2) is 0 Å². The van der Waals surface area contributed by atoms with Gasteiger partial charge in [0.2, 0.25) is 5.91 Å². The normalized spacial score (nSPS) is 26.4. The number of carbonyl (C=O) groups is 2. The van der Waals surface area contributed by atoms with Crippen molar-refractivity contribution < 1.29 is 14.7 Å². The van der Waals surface area contributed by atoms with Gasteiger partial charge in [0.25, 0.3) is 5.91 Å². The van der Waals surface area contributed by atoms with E-state index in [0.29, 0.717) is 32.6 Å². The van der Waals surface area contributed by atoms with E-state index in [9.17, 15) is 14.7 Å². The van der Waals surface area contributed by atoms with E-state index in [-0.39, 0.29) is 17.9 Å². The molecule has 3 saturated heterocycles. The Balaban J connectivity index is 1.35. The summed E-state index contributed by atoms with van der Waals surface area (Å²) in [5, 5.41) is 11.3. The summed E-state index contributed by atoms with van der Waals surface area (Å²) in [7, 11) is 0. The fraction of sp³-hybridized carbons (Fsp3) is 0.522. The fourth-order valence-electron chi connectivity index (χ4n) is 5.29. The highest BCUT2D eigenvalue weighted by Gasteiger charge is 2.63. The minimum atomic E-state index is -0.686. The lowest BCUT2D eigenvalue weighted by atomic mass is 9.82. The van der Waals surface area contributed by atoms with Crippen LogP contribution in [0.25, 0.3) is 10.9 Å². The van der Waals surface area contributed by atoms with Crippen molar-refractivity contribution in [1.82, 2.24) is 19.7 Å². The second-order valence-electron chi connectivity index (χ2n) is 8.92. The quantitative estimate of drug-likeness (QED) is 0.754. The number of likely N-dealkylation sites (tertiary alicyclic amines) is 1. The molecule has 0 aliphatic carbocycles. The number of pyridine rings is 1. The lowest BCUT2D eigenvalue weighted by Gasteiger charge is -2.58. The zero-order chi connectivity index (χ0) is 20.9. The first kappa shape index (κ1) is 19.6. The Morgan fingerprint density at radius 1 is 1.23 bits per heavy atom. The molecule has 4 heterocycles. The Hall–Kier alpha value is -2.35. The van der Waals surface area contributed by atoms with Gasteiger partial charge >= 0.3 is 0 Å². The summed E-state index contributed by atoms with van der Waals surface area (Å²) < 4.78 is 0. The molecule has 2 aromatic rings. The minimum Gasteiger partial charge on any atom is -0.392 e. The summed E-state index contributed by atoms with van der Waals surface area (Å²) in [5.74, 6) is -0.216. The first-order valence-corrected chi connectivity index (χ1v) is 10.9. The van der Waals surface area contributed by atoms with Crippen LogP contribution in [-0.4, -0.2) is 80.5 Å². The van der Waals surface area contributed by atoms with Crippen molar-refractivity contribution in [3.63, 3.8) is 0 Å². The largest absolute Gasteiger partial charge is 0.392 e. The van der Waals surface area contributed by atoms with Gasteiger partial charge in [0, 0.05) is 44.3 Å². The van der Waals surface area contributed by atoms with Crippen molar-refractivity contribution >= 4 is 22.7 Å². The Morgan fingerprint density at radius 3 is 2.83 bits per heavy atom. The predicted molar refractivity (Wildman–Crippen MR) is 112 cm³/mol. The van der Waals surface area contributed by atoms with Gasteiger partial charge in [-0.3, -0.25) is 29.3 Å². The molecule has 0 bridgehead atoms. The molecule has 5 rings (SSSR count). The third-order valence-corrected chi connectivity index (χ3v) is 6.78. The molecule has 7 heteroatoms. The Morgan fingerprint density at radius 2 is 2.03 bits per heavy atom. The Kier molecular flexibility index (Phi) is 4.84. The highest BCUT2D eigenvalue weighted by molar-refractivity contribution is 6.06. The summed E-state index contributed by atoms with van der Waals surface area (Å²) in [5.41, 5.74) is 1.40. The van der Waals surface area contributed by atoms with E-state index in [1.54, 1.807) is 0 Å². The van der Waals surface area contributed by atoms with Crippen LogP contribution >= 0.6 is 0 Å². The number of nitrogens with zero attached hydrogens (tertiary/aromatic N) is 4. The molecule has 30 heavy (non-hydrogen) atoms. The lowest BCUT2D eigenvalue weighted by molar-refractivity contribution is -0.180. The average molecular weight is 409 g/mol. The third-order valence-electron chi connectivity index (χ3n) is 6.78. The van der Waals surface area contributed by atoms with Crippen molar-refractivity contribution in [3.05, 3.63) is 42.1 Å². The van der Waals surface area contributed by atoms with Gasteiger partial charge in [-0.05, 0) is 30.5 Å². The molecule has 3 aliphatic heterocycles. The molecule has 0 saturated carbocycles. The molecule has 1 aromatic heterocycles. The summed E-state index contributed by atoms with van der Waals surface area (Å²) in [4.78, 5) is 36.6. The standard InChI is InChI=1S/C23H28N4O3/c1-2-3-8-26-21(29)20-10-18(28)13-27(20)23(22(26)30)14-25(15-23)12-16-9-17-6-4-5-7-19(17)24-11-16/h4-7,9,11,18,20,28H,2-3,8,10,12-15H2,1H3. The molecule has 158 valence electrons. The second-order valence-corrected chi connectivity index (χ2v) is 8.92. The van der Waals surface area contributed by atoms with Crippen molar-refractivity contribution in [3.8, 4) is 0 Å². The molecule has 1 aromatic carbocycles. The Bertz CT molecular complexity index is 987. The van der Waals surface area contributed by atoms with Crippen LogP contribution in [0.3, 0.4) is 0 Å². The fourth-order valence-corrected chi connectivity index (χ4v) is 5.29. The number of aliphatic hydroxyl groups excluding tert-OH is 1. The zero-order valence-electron chi connectivity index (χ0n) is 17.3. The van der Waals surface area contributed by atoms with Crippen LogP contribution in [-0.2, 0) is 16.1 Å². The zero-order valence-corrected chi connectivity index (χ0v) is 17.3. The van der Waals surface area contributed by atoms with Crippen molar-refractivity contribution in [2.75, 3.05) is 26.2 Å². The molecule has 2 atom stereocenters. The van der Waals surface area contributed by atoms with E-state index >= 15 is 0 Å². The van der Waals surface area contributed by atoms with Gasteiger partial charge in [0.05, 0.1) is 17.7 Å². The highest BCUT2D eigenvalue weighted by atomic mass is 16.3. The molecule has 3 fully saturated rings. The average Bonchev–Trinajstić information content (AvgIpc) is 3.11. The lowest BCUT2D eigenvalue weighted by Crippen LogP contribution is -2.81. The summed E-state index contributed by atoms with van der Waals surface area (Å²) in [6, 6.07) is 9.82. The second kappa shape index (κ2) is 7.41. The van der Waals surface area contributed by atoms with E-state index in [1.807, 2.05) is 29.3 Å². The molecule has 0 radical (unpaired) electrons. The Labute approximate surface area is 176 Å². The molecule has 7 nitrogen and oxygen atoms in total. The number of aliphatic hydroxyl groups is 1. The van der Waals surface area contributed by atoms with E-state index < -0.39 is 11.6 Å². The summed E-state index contributed by atoms with van der Waals surface area (Å²) >= 11 is 0. The maximum Gasteiger partial charge on any atom is 0.252 e. The molecule has 1 spiro atoms. The van der Waals surface area contributed by atoms with Crippen LogP contribution < -0.4 is 0 Å². The number of carbonyl (C=O) groups excluding carboxylic acids is 2. The van der Waals surface area contributed by atoms with Crippen molar-refractivity contribution in [2.24, 2.45) is 0 Å². The number of fused-ring (bicyclic) bond motifs is 3. The number of rotatable bonds is 5. The van der Waals surface area contributed by atoms with E-state index in [0.717, 1.165) is 35.9 Å². The highest BCUT2D eigenvalue weighted by Crippen LogP contribution is 2.41. The monoisotopic (exact) mass is 408 g/mol. The third kappa shape index (κ3) is 3.04. The van der Waals surface area contributed by atoms with Crippen LogP contribution in [0.1, 0.15) is 31.7 Å². The van der Waals surface area contributed by atoms with Gasteiger partial charge in [-0.1, -0.05) is 31.5 Å². The maximum atomic E-state index is 13.4. The summed E-state index contributed by atoms with van der Waals surface area (Å²) in [6.45, 7) is 4.81. The molecule has 1 N–H and O–H groups in total. The van der Waals surface area contributed by atoms with E-state index in [4.69, 9.17) is 0 Å². The first-order valence-electron chi connectivity index (χ1n) is 10.9. The van der Waals surface area contributed by atoms with Gasteiger partial charge in [-0.2, -0.15) is 0 Å². The first-order chi connectivity index (χ1) is 14.5. The van der Waals surface area contributed by atoms with Crippen LogP contribution in [0.15, 0.2) is 36.5 Å². The van der Waals surface area contributed by atoms with Crippen LogP contribution in [0, 0.1) is 0 Å². The van der Waals surface area contributed by atoms with E-state index in [2.05, 4.69) is 28.9 Å². The summed E-state index contributed by atoms with van der Waals surface area (Å²) in [6.07, 6.45) is 3.52. The van der Waals surface area contributed by atoms with Gasteiger partial charge in [-0.25, -0.2) is 0 Å². The van der Waals surface area contributed by atoms with Crippen molar-refractivity contribution in [1.29, 1.82) is 0 Å². The molecule has 2 unspecified atom stereocenters. The number of hydrogen-bond donors (Lipinski definition) is 1. The minimum absolute atomic E-state index is 0.0841. The number of unbranched alkanes of at least 4 members (excludes halogenated alkanes) is 1. The SMILES string of the molecule is CCCCN1C(=O)C2CC(O)CN2C2(CN(Cc3cnc4ccccc4c3)C2)C1=O. The number of aromatic nitrogens is 1. The predicted octanol–water partition coefficient (Wildman–Crippen LogP) is 1.39. The molecular weight excluding hydrogens is 380 g/mol. The van der Waals surface area contributed by atoms with Crippen molar-refractivity contribution in [2.45, 2.75) is 50.4 Å². The molecular formula is C23H28N4O3. The van der Waals surface area contributed by atoms with Crippen LogP contribution in [0.2, 0.25) is 0 Å². The molecule has 2 amide bonds. The number of piperazine rings is 1. The van der Waals surface area contributed by atoms with Crippen LogP contribution in [0.5, 0.6) is 0 Å². The topological polar surface area (TPSA) is 77.0 Å².